The largest absolute Gasteiger partial charge is 0.394 e. The molecule has 1 aromatic heterocycles. The minimum Gasteiger partial charge on any atom is -0.394 e. The van der Waals surface area contributed by atoms with Crippen molar-refractivity contribution in [1.29, 1.82) is 0 Å². The van der Waals surface area contributed by atoms with E-state index in [-0.39, 0.29) is 31.1 Å². The predicted molar refractivity (Wildman–Crippen MR) is 53.7 cm³/mol. The molecule has 0 amide bonds. The lowest BCUT2D eigenvalue weighted by atomic mass is 10.3. The second-order valence-corrected chi connectivity index (χ2v) is 3.19. The van der Waals surface area contributed by atoms with Crippen LogP contribution in [-0.2, 0) is 25.4 Å². The number of hydrogen-bond acceptors (Lipinski definition) is 4. The fourth-order valence-electron chi connectivity index (χ4n) is 1.23. The number of aromatic nitrogens is 2. The van der Waals surface area contributed by atoms with Crippen molar-refractivity contribution < 1.29 is 9.84 Å². The first-order chi connectivity index (χ1) is 7.07. The third-order valence-corrected chi connectivity index (χ3v) is 2.01. The van der Waals surface area contributed by atoms with Crippen LogP contribution in [0.1, 0.15) is 5.56 Å². The Morgan fingerprint density at radius 3 is 2.67 bits per heavy atom. The van der Waals surface area contributed by atoms with Crippen molar-refractivity contribution in [2.24, 2.45) is 14.1 Å². The number of aliphatic hydroxyl groups is 1. The van der Waals surface area contributed by atoms with Gasteiger partial charge in [0.05, 0.1) is 25.4 Å². The van der Waals surface area contributed by atoms with E-state index in [1.807, 2.05) is 0 Å². The predicted octanol–water partition coefficient (Wildman–Crippen LogP) is -1.41. The zero-order chi connectivity index (χ0) is 11.4. The van der Waals surface area contributed by atoms with Gasteiger partial charge in [-0.2, -0.15) is 0 Å². The van der Waals surface area contributed by atoms with Crippen molar-refractivity contribution in [3.63, 3.8) is 0 Å². The van der Waals surface area contributed by atoms with Gasteiger partial charge in [0.1, 0.15) is 0 Å². The maximum Gasteiger partial charge on any atom is 0.330 e. The molecule has 6 heteroatoms. The summed E-state index contributed by atoms with van der Waals surface area (Å²) in [7, 11) is 2.98. The molecule has 0 aromatic carbocycles. The zero-order valence-corrected chi connectivity index (χ0v) is 8.77. The van der Waals surface area contributed by atoms with E-state index in [4.69, 9.17) is 9.84 Å². The molecule has 1 N–H and O–H groups in total. The van der Waals surface area contributed by atoms with E-state index in [1.165, 1.54) is 17.8 Å². The van der Waals surface area contributed by atoms with Crippen molar-refractivity contribution in [3.05, 3.63) is 32.6 Å². The van der Waals surface area contributed by atoms with E-state index in [2.05, 4.69) is 0 Å². The minimum atomic E-state index is -0.370. The lowest BCUT2D eigenvalue weighted by molar-refractivity contribution is 0.0803. The SMILES string of the molecule is Cn1cc(COCCO)c(=O)n(C)c1=O. The summed E-state index contributed by atoms with van der Waals surface area (Å²) >= 11 is 0. The van der Waals surface area contributed by atoms with Crippen LogP contribution < -0.4 is 11.2 Å². The lowest BCUT2D eigenvalue weighted by Crippen LogP contribution is -2.38. The Balaban J connectivity index is 3.00. The summed E-state index contributed by atoms with van der Waals surface area (Å²) in [6.45, 7) is 0.180. The van der Waals surface area contributed by atoms with Crippen LogP contribution in [0.3, 0.4) is 0 Å². The third kappa shape index (κ3) is 2.54. The Morgan fingerprint density at radius 1 is 1.40 bits per heavy atom. The molecule has 0 bridgehead atoms. The molecule has 15 heavy (non-hydrogen) atoms. The number of hydrogen-bond donors (Lipinski definition) is 1. The van der Waals surface area contributed by atoms with Crippen LogP contribution in [0.5, 0.6) is 0 Å². The number of aryl methyl sites for hydroxylation is 1. The molecule has 0 spiro atoms. The molecule has 0 saturated heterocycles. The minimum absolute atomic E-state index is 0.0912. The molecule has 0 saturated carbocycles. The molecule has 0 atom stereocenters. The quantitative estimate of drug-likeness (QED) is 0.625. The van der Waals surface area contributed by atoms with Crippen LogP contribution in [0.2, 0.25) is 0 Å². The first-order valence-corrected chi connectivity index (χ1v) is 4.52. The van der Waals surface area contributed by atoms with E-state index in [0.717, 1.165) is 4.57 Å². The molecule has 0 aliphatic rings. The summed E-state index contributed by atoms with van der Waals surface area (Å²) in [4.78, 5) is 22.9. The van der Waals surface area contributed by atoms with E-state index in [1.54, 1.807) is 7.05 Å². The lowest BCUT2D eigenvalue weighted by Gasteiger charge is -2.06. The molecule has 0 aliphatic heterocycles. The van der Waals surface area contributed by atoms with Crippen LogP contribution in [0.4, 0.5) is 0 Å². The monoisotopic (exact) mass is 214 g/mol. The topological polar surface area (TPSA) is 73.5 Å². The molecule has 0 fully saturated rings. The van der Waals surface area contributed by atoms with Gasteiger partial charge >= 0.3 is 5.69 Å². The van der Waals surface area contributed by atoms with Gasteiger partial charge in [-0.25, -0.2) is 4.79 Å². The number of rotatable bonds is 4. The van der Waals surface area contributed by atoms with Crippen molar-refractivity contribution in [1.82, 2.24) is 9.13 Å². The number of ether oxygens (including phenoxy) is 1. The summed E-state index contributed by atoms with van der Waals surface area (Å²) in [5, 5.41) is 8.50. The zero-order valence-electron chi connectivity index (χ0n) is 8.77. The van der Waals surface area contributed by atoms with Gasteiger partial charge in [-0.3, -0.25) is 9.36 Å². The van der Waals surface area contributed by atoms with Crippen LogP contribution >= 0.6 is 0 Å². The Labute approximate surface area is 86.3 Å². The maximum absolute atomic E-state index is 11.5. The fourth-order valence-corrected chi connectivity index (χ4v) is 1.23. The molecule has 6 nitrogen and oxygen atoms in total. The molecule has 84 valence electrons. The Morgan fingerprint density at radius 2 is 2.07 bits per heavy atom. The highest BCUT2D eigenvalue weighted by molar-refractivity contribution is 5.03. The van der Waals surface area contributed by atoms with Gasteiger partial charge in [0.25, 0.3) is 5.56 Å². The Hall–Kier alpha value is -1.40. The molecule has 0 aliphatic carbocycles. The Kier molecular flexibility index (Phi) is 3.81. The molecule has 1 aromatic rings. The molecule has 0 unspecified atom stereocenters. The van der Waals surface area contributed by atoms with Crippen molar-refractivity contribution >= 4 is 0 Å². The maximum atomic E-state index is 11.5. The van der Waals surface area contributed by atoms with Crippen molar-refractivity contribution in [2.45, 2.75) is 6.61 Å². The summed E-state index contributed by atoms with van der Waals surface area (Å²) in [5.74, 6) is 0. The van der Waals surface area contributed by atoms with Crippen LogP contribution in [0.15, 0.2) is 15.8 Å². The van der Waals surface area contributed by atoms with E-state index >= 15 is 0 Å². The van der Waals surface area contributed by atoms with Gasteiger partial charge in [0.15, 0.2) is 0 Å². The highest BCUT2D eigenvalue weighted by atomic mass is 16.5. The highest BCUT2D eigenvalue weighted by Crippen LogP contribution is 1.91. The second kappa shape index (κ2) is 4.90. The number of nitrogens with zero attached hydrogens (tertiary/aromatic N) is 2. The van der Waals surface area contributed by atoms with Gasteiger partial charge in [-0.1, -0.05) is 0 Å². The van der Waals surface area contributed by atoms with E-state index in [0.29, 0.717) is 5.56 Å². The molecular weight excluding hydrogens is 200 g/mol. The summed E-state index contributed by atoms with van der Waals surface area (Å²) < 4.78 is 7.36. The fraction of sp³-hybridized carbons (Fsp3) is 0.556. The van der Waals surface area contributed by atoms with Crippen molar-refractivity contribution in [2.75, 3.05) is 13.2 Å². The van der Waals surface area contributed by atoms with E-state index < -0.39 is 0 Å². The van der Waals surface area contributed by atoms with Gasteiger partial charge in [-0.05, 0) is 0 Å². The van der Waals surface area contributed by atoms with Crippen LogP contribution in [-0.4, -0.2) is 27.5 Å². The van der Waals surface area contributed by atoms with Gasteiger partial charge in [0, 0.05) is 20.3 Å². The third-order valence-electron chi connectivity index (χ3n) is 2.01. The smallest absolute Gasteiger partial charge is 0.330 e. The van der Waals surface area contributed by atoms with Gasteiger partial charge < -0.3 is 14.4 Å². The Bertz CT molecular complexity index is 446. The van der Waals surface area contributed by atoms with Crippen LogP contribution in [0.25, 0.3) is 0 Å². The normalized spacial score (nSPS) is 10.6. The van der Waals surface area contributed by atoms with Crippen LogP contribution in [0, 0.1) is 0 Å². The van der Waals surface area contributed by atoms with Crippen molar-refractivity contribution in [3.8, 4) is 0 Å². The first-order valence-electron chi connectivity index (χ1n) is 4.52. The van der Waals surface area contributed by atoms with E-state index in [9.17, 15) is 9.59 Å². The standard InChI is InChI=1S/C9H14N2O4/c1-10-5-7(6-15-4-3-12)8(13)11(2)9(10)14/h5,12H,3-4,6H2,1-2H3. The molecular formula is C9H14N2O4. The summed E-state index contributed by atoms with van der Waals surface area (Å²) in [6, 6.07) is 0. The average molecular weight is 214 g/mol. The second-order valence-electron chi connectivity index (χ2n) is 3.19. The highest BCUT2D eigenvalue weighted by Gasteiger charge is 2.06. The number of aliphatic hydroxyl groups excluding tert-OH is 1. The van der Waals surface area contributed by atoms with Gasteiger partial charge in [0.2, 0.25) is 0 Å². The average Bonchev–Trinajstić information content (AvgIpc) is 2.23. The molecule has 0 radical (unpaired) electrons. The summed E-state index contributed by atoms with van der Waals surface area (Å²) in [5.41, 5.74) is -0.338. The summed E-state index contributed by atoms with van der Waals surface area (Å²) in [6.07, 6.45) is 1.45. The molecule has 1 heterocycles. The molecule has 1 rings (SSSR count). The van der Waals surface area contributed by atoms with Gasteiger partial charge in [-0.15, -0.1) is 0 Å². The first kappa shape index (κ1) is 11.7.